The average molecular weight is 419 g/mol. The molecule has 2 rings (SSSR count). The van der Waals surface area contributed by atoms with Crippen molar-refractivity contribution < 1.29 is 19.1 Å². The molecule has 0 saturated carbocycles. The van der Waals surface area contributed by atoms with Crippen LogP contribution in [0.3, 0.4) is 0 Å². The fourth-order valence-electron chi connectivity index (χ4n) is 2.29. The van der Waals surface area contributed by atoms with Gasteiger partial charge in [-0.25, -0.2) is 4.79 Å². The number of nitrogens with one attached hydrogen (secondary N) is 2. The minimum Gasteiger partial charge on any atom is -0.467 e. The number of hydrogen-bond acceptors (Lipinski definition) is 4. The van der Waals surface area contributed by atoms with Gasteiger partial charge in [0, 0.05) is 16.5 Å². The number of benzene rings is 2. The highest BCUT2D eigenvalue weighted by molar-refractivity contribution is 9.10. The van der Waals surface area contributed by atoms with Crippen LogP contribution in [0.5, 0.6) is 0 Å². The molecular weight excluding hydrogens is 400 g/mol. The van der Waals surface area contributed by atoms with Crippen molar-refractivity contribution in [3.63, 3.8) is 0 Å². The number of methoxy groups -OCH3 is 1. The van der Waals surface area contributed by atoms with E-state index in [4.69, 9.17) is 4.74 Å². The molecule has 0 unspecified atom stereocenters. The number of carbonyl (C=O) groups excluding carboxylic acids is 3. The maximum Gasteiger partial charge on any atom is 0.328 e. The summed E-state index contributed by atoms with van der Waals surface area (Å²) in [4.78, 5) is 36.1. The summed E-state index contributed by atoms with van der Waals surface area (Å²) in [6.07, 6.45) is 0.305. The van der Waals surface area contributed by atoms with Gasteiger partial charge in [-0.1, -0.05) is 46.3 Å². The first-order valence-corrected chi connectivity index (χ1v) is 8.74. The second kappa shape index (κ2) is 9.72. The Balaban J connectivity index is 1.91. The smallest absolute Gasteiger partial charge is 0.328 e. The van der Waals surface area contributed by atoms with Crippen LogP contribution in [0.4, 0.5) is 0 Å². The minimum absolute atomic E-state index is 0.239. The molecule has 2 aromatic carbocycles. The Morgan fingerprint density at radius 1 is 1.04 bits per heavy atom. The quantitative estimate of drug-likeness (QED) is 0.674. The summed E-state index contributed by atoms with van der Waals surface area (Å²) in [5, 5.41) is 5.12. The monoisotopic (exact) mass is 418 g/mol. The van der Waals surface area contributed by atoms with Crippen molar-refractivity contribution in [1.82, 2.24) is 10.6 Å². The van der Waals surface area contributed by atoms with Gasteiger partial charge in [0.1, 0.15) is 6.04 Å². The van der Waals surface area contributed by atoms with Crippen LogP contribution in [0.1, 0.15) is 15.9 Å². The van der Waals surface area contributed by atoms with Crippen LogP contribution < -0.4 is 10.6 Å². The Morgan fingerprint density at radius 2 is 1.69 bits per heavy atom. The highest BCUT2D eigenvalue weighted by Crippen LogP contribution is 2.10. The third-order valence-electron chi connectivity index (χ3n) is 3.62. The van der Waals surface area contributed by atoms with Gasteiger partial charge >= 0.3 is 5.97 Å². The van der Waals surface area contributed by atoms with Crippen LogP contribution in [0.25, 0.3) is 0 Å². The van der Waals surface area contributed by atoms with Crippen molar-refractivity contribution in [2.45, 2.75) is 12.5 Å². The van der Waals surface area contributed by atoms with Crippen molar-refractivity contribution in [3.8, 4) is 0 Å². The van der Waals surface area contributed by atoms with E-state index in [1.807, 2.05) is 30.3 Å². The van der Waals surface area contributed by atoms with Crippen molar-refractivity contribution in [2.75, 3.05) is 13.7 Å². The topological polar surface area (TPSA) is 84.5 Å². The van der Waals surface area contributed by atoms with Gasteiger partial charge in [0.25, 0.3) is 5.91 Å². The average Bonchev–Trinajstić information content (AvgIpc) is 2.66. The molecule has 2 N–H and O–H groups in total. The fraction of sp³-hybridized carbons (Fsp3) is 0.211. The summed E-state index contributed by atoms with van der Waals surface area (Å²) in [6.45, 7) is -0.239. The van der Waals surface area contributed by atoms with Gasteiger partial charge in [-0.3, -0.25) is 9.59 Å². The lowest BCUT2D eigenvalue weighted by atomic mass is 10.1. The Hall–Kier alpha value is -2.67. The highest BCUT2D eigenvalue weighted by atomic mass is 79.9. The number of ether oxygens (including phenoxy) is 1. The molecule has 2 amide bonds. The first kappa shape index (κ1) is 19.7. The molecule has 1 atom stereocenters. The number of amides is 2. The summed E-state index contributed by atoms with van der Waals surface area (Å²) in [7, 11) is 1.27. The largest absolute Gasteiger partial charge is 0.467 e. The van der Waals surface area contributed by atoms with E-state index in [1.165, 1.54) is 7.11 Å². The van der Waals surface area contributed by atoms with Crippen LogP contribution in [0.15, 0.2) is 59.1 Å². The minimum atomic E-state index is -0.820. The zero-order valence-electron chi connectivity index (χ0n) is 14.2. The zero-order valence-corrected chi connectivity index (χ0v) is 15.8. The predicted octanol–water partition coefficient (Wildman–Crippen LogP) is 2.08. The Bertz CT molecular complexity index is 763. The molecule has 6 nitrogen and oxygen atoms in total. The Labute approximate surface area is 160 Å². The second-order valence-corrected chi connectivity index (χ2v) is 6.44. The standard InChI is InChI=1S/C19H19BrN2O4/c1-26-19(25)16(11-13-5-3-2-4-6-13)22-17(23)12-21-18(24)14-7-9-15(20)10-8-14/h2-10,16H,11-12H2,1H3,(H,21,24)(H,22,23)/t16-/m1/s1. The molecule has 0 heterocycles. The summed E-state index contributed by atoms with van der Waals surface area (Å²) in [6, 6.07) is 15.2. The van der Waals surface area contributed by atoms with E-state index >= 15 is 0 Å². The molecule has 7 heteroatoms. The van der Waals surface area contributed by atoms with Crippen molar-refractivity contribution in [2.24, 2.45) is 0 Å². The SMILES string of the molecule is COC(=O)[C@@H](Cc1ccccc1)NC(=O)CNC(=O)c1ccc(Br)cc1. The van der Waals surface area contributed by atoms with Gasteiger partial charge in [-0.15, -0.1) is 0 Å². The molecule has 0 radical (unpaired) electrons. The number of halogens is 1. The van der Waals surface area contributed by atoms with Crippen molar-refractivity contribution >= 4 is 33.7 Å². The molecule has 0 aliphatic rings. The van der Waals surface area contributed by atoms with Crippen LogP contribution >= 0.6 is 15.9 Å². The van der Waals surface area contributed by atoms with Gasteiger partial charge in [-0.05, 0) is 29.8 Å². The van der Waals surface area contributed by atoms with Gasteiger partial charge < -0.3 is 15.4 Å². The molecule has 0 saturated heterocycles. The maximum atomic E-state index is 12.1. The normalized spacial score (nSPS) is 11.3. The molecule has 136 valence electrons. The van der Waals surface area contributed by atoms with Crippen molar-refractivity contribution in [1.29, 1.82) is 0 Å². The summed E-state index contributed by atoms with van der Waals surface area (Å²) < 4.78 is 5.60. The number of rotatable bonds is 7. The molecule has 0 spiro atoms. The molecular formula is C19H19BrN2O4. The Morgan fingerprint density at radius 3 is 2.31 bits per heavy atom. The van der Waals surface area contributed by atoms with Crippen LogP contribution in [0, 0.1) is 0 Å². The van der Waals surface area contributed by atoms with Gasteiger partial charge in [0.05, 0.1) is 13.7 Å². The number of hydrogen-bond donors (Lipinski definition) is 2. The first-order valence-electron chi connectivity index (χ1n) is 7.94. The van der Waals surface area contributed by atoms with E-state index in [2.05, 4.69) is 26.6 Å². The fourth-order valence-corrected chi connectivity index (χ4v) is 2.56. The van der Waals surface area contributed by atoms with E-state index < -0.39 is 17.9 Å². The van der Waals surface area contributed by atoms with Gasteiger partial charge in [0.15, 0.2) is 0 Å². The number of carbonyl (C=O) groups is 3. The summed E-state index contributed by atoms with van der Waals surface area (Å²) in [5.41, 5.74) is 1.33. The maximum absolute atomic E-state index is 12.1. The van der Waals surface area contributed by atoms with Crippen LogP contribution in [-0.2, 0) is 20.7 Å². The third kappa shape index (κ3) is 6.00. The van der Waals surface area contributed by atoms with Gasteiger partial charge in [-0.2, -0.15) is 0 Å². The lowest BCUT2D eigenvalue weighted by Gasteiger charge is -2.17. The lowest BCUT2D eigenvalue weighted by Crippen LogP contribution is -2.47. The van der Waals surface area contributed by atoms with E-state index in [-0.39, 0.29) is 12.5 Å². The molecule has 0 aliphatic heterocycles. The molecule has 0 aromatic heterocycles. The van der Waals surface area contributed by atoms with E-state index in [9.17, 15) is 14.4 Å². The second-order valence-electron chi connectivity index (χ2n) is 5.52. The highest BCUT2D eigenvalue weighted by Gasteiger charge is 2.22. The molecule has 0 bridgehead atoms. The van der Waals surface area contributed by atoms with Crippen LogP contribution in [-0.4, -0.2) is 37.5 Å². The van der Waals surface area contributed by atoms with E-state index in [0.29, 0.717) is 12.0 Å². The molecule has 0 aliphatic carbocycles. The summed E-state index contributed by atoms with van der Waals surface area (Å²) in [5.74, 6) is -1.38. The predicted molar refractivity (Wildman–Crippen MR) is 101 cm³/mol. The zero-order chi connectivity index (χ0) is 18.9. The lowest BCUT2D eigenvalue weighted by molar-refractivity contribution is -0.144. The van der Waals surface area contributed by atoms with Crippen molar-refractivity contribution in [3.05, 3.63) is 70.2 Å². The van der Waals surface area contributed by atoms with Gasteiger partial charge in [0.2, 0.25) is 5.91 Å². The number of esters is 1. The van der Waals surface area contributed by atoms with E-state index in [1.54, 1.807) is 24.3 Å². The first-order chi connectivity index (χ1) is 12.5. The molecule has 0 fully saturated rings. The molecule has 2 aromatic rings. The Kier molecular flexibility index (Phi) is 7.35. The summed E-state index contributed by atoms with van der Waals surface area (Å²) >= 11 is 3.29. The molecule has 26 heavy (non-hydrogen) atoms. The third-order valence-corrected chi connectivity index (χ3v) is 4.15. The van der Waals surface area contributed by atoms with E-state index in [0.717, 1.165) is 10.0 Å². The van der Waals surface area contributed by atoms with Crippen LogP contribution in [0.2, 0.25) is 0 Å².